The van der Waals surface area contributed by atoms with Crippen LogP contribution in [-0.4, -0.2) is 23.8 Å². The van der Waals surface area contributed by atoms with E-state index in [-0.39, 0.29) is 12.4 Å². The molecule has 8 heteroatoms. The van der Waals surface area contributed by atoms with E-state index in [1.807, 2.05) is 53.9 Å². The Labute approximate surface area is 176 Å². The highest BCUT2D eigenvalue weighted by Gasteiger charge is 2.08. The van der Waals surface area contributed by atoms with Gasteiger partial charge >= 0.3 is 5.97 Å². The molecule has 3 rings (SSSR count). The van der Waals surface area contributed by atoms with Gasteiger partial charge in [0, 0.05) is 20.7 Å². The third kappa shape index (κ3) is 5.82. The molecule has 0 aliphatic carbocycles. The number of nitrogens with zero attached hydrogens (tertiary/aromatic N) is 2. The Hall–Kier alpha value is -2.35. The topological polar surface area (TPSA) is 63.6 Å². The van der Waals surface area contributed by atoms with Gasteiger partial charge in [-0.25, -0.2) is 4.98 Å². The Morgan fingerprint density at radius 2 is 2.00 bits per heavy atom. The molecule has 0 aliphatic heterocycles. The Bertz CT molecular complexity index is 975. The van der Waals surface area contributed by atoms with Gasteiger partial charge < -0.3 is 4.74 Å². The molecule has 1 N–H and O–H groups in total. The van der Waals surface area contributed by atoms with Crippen molar-refractivity contribution in [3.8, 4) is 0 Å². The van der Waals surface area contributed by atoms with Crippen molar-refractivity contribution in [3.05, 3.63) is 70.2 Å². The Morgan fingerprint density at radius 1 is 1.25 bits per heavy atom. The Balaban J connectivity index is 1.64. The number of thiazole rings is 1. The van der Waals surface area contributed by atoms with Crippen LogP contribution in [0, 0.1) is 0 Å². The quantitative estimate of drug-likeness (QED) is 0.290. The number of anilines is 1. The van der Waals surface area contributed by atoms with Crippen LogP contribution in [0.5, 0.6) is 0 Å². The molecule has 0 fully saturated rings. The van der Waals surface area contributed by atoms with E-state index in [1.54, 1.807) is 24.9 Å². The summed E-state index contributed by atoms with van der Waals surface area (Å²) in [6.07, 6.45) is 1.90. The summed E-state index contributed by atoms with van der Waals surface area (Å²) in [4.78, 5) is 17.9. The number of hydrogen-bond donors (Lipinski definition) is 1. The molecule has 2 aromatic carbocycles. The molecule has 0 atom stereocenters. The van der Waals surface area contributed by atoms with Crippen LogP contribution in [-0.2, 0) is 16.0 Å². The van der Waals surface area contributed by atoms with Gasteiger partial charge in [0.25, 0.3) is 0 Å². The molecule has 3 aromatic rings. The van der Waals surface area contributed by atoms with E-state index >= 15 is 0 Å². The van der Waals surface area contributed by atoms with E-state index in [2.05, 4.69) is 15.5 Å². The molecule has 144 valence electrons. The number of nitrogens with one attached hydrogen (secondary N) is 1. The molecule has 0 saturated carbocycles. The van der Waals surface area contributed by atoms with Crippen LogP contribution in [0.15, 0.2) is 68.8 Å². The molecular weight excluding hydrogens is 414 g/mol. The summed E-state index contributed by atoms with van der Waals surface area (Å²) in [6, 6.07) is 15.7. The lowest BCUT2D eigenvalue weighted by molar-refractivity contribution is -0.142. The van der Waals surface area contributed by atoms with Crippen molar-refractivity contribution >= 4 is 52.0 Å². The maximum atomic E-state index is 11.5. The molecule has 1 aromatic heterocycles. The number of hydrogen-bond acceptors (Lipinski definition) is 7. The smallest absolute Gasteiger partial charge is 0.311 e. The molecule has 0 unspecified atom stereocenters. The van der Waals surface area contributed by atoms with Crippen LogP contribution in [0.4, 0.5) is 5.13 Å². The van der Waals surface area contributed by atoms with Gasteiger partial charge in [-0.2, -0.15) is 5.10 Å². The molecule has 0 amide bonds. The highest BCUT2D eigenvalue weighted by atomic mass is 35.5. The Kier molecular flexibility index (Phi) is 7.47. The van der Waals surface area contributed by atoms with E-state index in [9.17, 15) is 4.79 Å². The van der Waals surface area contributed by atoms with Crippen LogP contribution in [0.3, 0.4) is 0 Å². The zero-order chi connectivity index (χ0) is 19.8. The van der Waals surface area contributed by atoms with Crippen LogP contribution in [0.25, 0.3) is 0 Å². The zero-order valence-electron chi connectivity index (χ0n) is 15.1. The second-order valence-electron chi connectivity index (χ2n) is 5.57. The normalized spacial score (nSPS) is 10.9. The standard InChI is InChI=1S/C20H18ClN3O2S2/c1-2-26-19(25)11-15-13-27-20(23-15)24-22-12-14-7-3-5-9-17(14)28-18-10-6-4-8-16(18)21/h3-10,12-13H,2,11H2,1H3,(H,23,24). The third-order valence-electron chi connectivity index (χ3n) is 3.52. The first-order chi connectivity index (χ1) is 13.7. The van der Waals surface area contributed by atoms with Crippen molar-refractivity contribution in [1.29, 1.82) is 0 Å². The average Bonchev–Trinajstić information content (AvgIpc) is 3.12. The molecule has 0 saturated heterocycles. The summed E-state index contributed by atoms with van der Waals surface area (Å²) in [7, 11) is 0. The molecule has 0 aliphatic rings. The number of hydrazone groups is 1. The predicted octanol–water partition coefficient (Wildman–Crippen LogP) is 5.50. The molecule has 1 heterocycles. The van der Waals surface area contributed by atoms with Crippen LogP contribution >= 0.6 is 34.7 Å². The second-order valence-corrected chi connectivity index (χ2v) is 7.92. The highest BCUT2D eigenvalue weighted by Crippen LogP contribution is 2.34. The lowest BCUT2D eigenvalue weighted by Gasteiger charge is -2.06. The first kappa shape index (κ1) is 20.4. The minimum Gasteiger partial charge on any atom is -0.466 e. The molecule has 28 heavy (non-hydrogen) atoms. The van der Waals surface area contributed by atoms with Gasteiger partial charge in [-0.3, -0.25) is 10.2 Å². The second kappa shape index (κ2) is 10.3. The number of ether oxygens (including phenoxy) is 1. The predicted molar refractivity (Wildman–Crippen MR) is 116 cm³/mol. The van der Waals surface area contributed by atoms with Crippen molar-refractivity contribution < 1.29 is 9.53 Å². The fraction of sp³-hybridized carbons (Fsp3) is 0.150. The first-order valence-electron chi connectivity index (χ1n) is 8.56. The van der Waals surface area contributed by atoms with Crippen molar-refractivity contribution in [3.63, 3.8) is 0 Å². The average molecular weight is 432 g/mol. The zero-order valence-corrected chi connectivity index (χ0v) is 17.5. The molecule has 0 spiro atoms. The monoisotopic (exact) mass is 431 g/mol. The summed E-state index contributed by atoms with van der Waals surface area (Å²) >= 11 is 9.24. The molecular formula is C20H18ClN3O2S2. The summed E-state index contributed by atoms with van der Waals surface area (Å²) < 4.78 is 4.93. The fourth-order valence-corrected chi connectivity index (χ4v) is 4.13. The number of carbonyl (C=O) groups excluding carboxylic acids is 1. The van der Waals surface area contributed by atoms with Crippen LogP contribution < -0.4 is 5.43 Å². The van der Waals surface area contributed by atoms with Crippen molar-refractivity contribution in [2.75, 3.05) is 12.0 Å². The van der Waals surface area contributed by atoms with Gasteiger partial charge in [-0.15, -0.1) is 11.3 Å². The highest BCUT2D eigenvalue weighted by molar-refractivity contribution is 7.99. The number of esters is 1. The molecule has 0 bridgehead atoms. The Morgan fingerprint density at radius 3 is 2.79 bits per heavy atom. The lowest BCUT2D eigenvalue weighted by atomic mass is 10.2. The van der Waals surface area contributed by atoms with Crippen molar-refractivity contribution in [1.82, 2.24) is 4.98 Å². The minimum atomic E-state index is -0.284. The van der Waals surface area contributed by atoms with E-state index in [1.165, 1.54) is 11.3 Å². The maximum Gasteiger partial charge on any atom is 0.311 e. The van der Waals surface area contributed by atoms with E-state index in [0.29, 0.717) is 22.5 Å². The van der Waals surface area contributed by atoms with E-state index < -0.39 is 0 Å². The maximum absolute atomic E-state index is 11.5. The van der Waals surface area contributed by atoms with Gasteiger partial charge in [0.1, 0.15) is 0 Å². The number of rotatable bonds is 8. The number of halogens is 1. The van der Waals surface area contributed by atoms with Gasteiger partial charge in [-0.1, -0.05) is 53.7 Å². The van der Waals surface area contributed by atoms with Crippen LogP contribution in [0.1, 0.15) is 18.2 Å². The first-order valence-corrected chi connectivity index (χ1v) is 10.6. The number of carbonyl (C=O) groups is 1. The van der Waals surface area contributed by atoms with Gasteiger partial charge in [0.05, 0.1) is 30.0 Å². The largest absolute Gasteiger partial charge is 0.466 e. The SMILES string of the molecule is CCOC(=O)Cc1csc(NN=Cc2ccccc2Sc2ccccc2Cl)n1. The molecule has 0 radical (unpaired) electrons. The van der Waals surface area contributed by atoms with Gasteiger partial charge in [-0.05, 0) is 25.1 Å². The number of aromatic nitrogens is 1. The lowest BCUT2D eigenvalue weighted by Crippen LogP contribution is -2.07. The molecule has 5 nitrogen and oxygen atoms in total. The van der Waals surface area contributed by atoms with E-state index in [4.69, 9.17) is 16.3 Å². The van der Waals surface area contributed by atoms with Crippen molar-refractivity contribution in [2.24, 2.45) is 5.10 Å². The van der Waals surface area contributed by atoms with E-state index in [0.717, 1.165) is 15.4 Å². The summed E-state index contributed by atoms with van der Waals surface area (Å²) in [5, 5.41) is 7.43. The minimum absolute atomic E-state index is 0.160. The summed E-state index contributed by atoms with van der Waals surface area (Å²) in [6.45, 7) is 2.15. The van der Waals surface area contributed by atoms with Gasteiger partial charge in [0.15, 0.2) is 0 Å². The number of benzene rings is 2. The summed E-state index contributed by atoms with van der Waals surface area (Å²) in [5.41, 5.74) is 4.53. The van der Waals surface area contributed by atoms with Crippen LogP contribution in [0.2, 0.25) is 5.02 Å². The van der Waals surface area contributed by atoms with Crippen molar-refractivity contribution in [2.45, 2.75) is 23.1 Å². The third-order valence-corrected chi connectivity index (χ3v) is 5.93. The fourth-order valence-electron chi connectivity index (χ4n) is 2.28. The summed E-state index contributed by atoms with van der Waals surface area (Å²) in [5.74, 6) is -0.284. The van der Waals surface area contributed by atoms with Gasteiger partial charge in [0.2, 0.25) is 5.13 Å².